The molecule has 1 fully saturated rings. The molecule has 15 heteroatoms. The molecule has 1 saturated heterocycles. The Hall–Kier alpha value is -3.62. The smallest absolute Gasteiger partial charge is 0.475 e. The highest BCUT2D eigenvalue weighted by Crippen LogP contribution is 2.41. The van der Waals surface area contributed by atoms with E-state index in [9.17, 15) is 31.1 Å². The average Bonchev–Trinajstić information content (AvgIpc) is 3.25. The summed E-state index contributed by atoms with van der Waals surface area (Å²) in [5.41, 5.74) is 2.09. The third kappa shape index (κ3) is 7.21. The zero-order valence-electron chi connectivity index (χ0n) is 19.4. The van der Waals surface area contributed by atoms with Crippen LogP contribution in [-0.2, 0) is 26.5 Å². The number of carboxylic acids is 2. The Balaban J connectivity index is 0.000000286. The lowest BCUT2D eigenvalue weighted by molar-refractivity contribution is -0.193. The number of hydrogen-bond acceptors (Lipinski definition) is 5. The molecular formula is C22H24F6N4O5. The van der Waals surface area contributed by atoms with E-state index in [1.54, 1.807) is 6.92 Å². The lowest BCUT2D eigenvalue weighted by Gasteiger charge is -2.49. The molecule has 37 heavy (non-hydrogen) atoms. The highest BCUT2D eigenvalue weighted by Gasteiger charge is 2.47. The first-order chi connectivity index (χ1) is 17.1. The van der Waals surface area contributed by atoms with Gasteiger partial charge in [-0.05, 0) is 31.5 Å². The van der Waals surface area contributed by atoms with Gasteiger partial charge in [-0.1, -0.05) is 30.3 Å². The number of aliphatic carboxylic acids is 2. The first kappa shape index (κ1) is 29.6. The maximum absolute atomic E-state index is 12.2. The summed E-state index contributed by atoms with van der Waals surface area (Å²) in [7, 11) is 0. The Morgan fingerprint density at radius 1 is 0.919 bits per heavy atom. The van der Waals surface area contributed by atoms with Crippen LogP contribution in [0.15, 0.2) is 36.5 Å². The molecule has 2 aliphatic heterocycles. The van der Waals surface area contributed by atoms with Crippen molar-refractivity contribution in [3.05, 3.63) is 42.4 Å². The number of nitrogens with one attached hydrogen (secondary N) is 1. The van der Waals surface area contributed by atoms with Crippen molar-refractivity contribution in [3.8, 4) is 11.3 Å². The molecule has 3 N–H and O–H groups in total. The molecule has 3 heterocycles. The van der Waals surface area contributed by atoms with E-state index in [1.807, 2.05) is 17.2 Å². The fraction of sp³-hybridized carbons (Fsp3) is 0.455. The summed E-state index contributed by atoms with van der Waals surface area (Å²) in [6, 6.07) is 10.4. The van der Waals surface area contributed by atoms with E-state index in [0.29, 0.717) is 0 Å². The number of carbonyl (C=O) groups is 3. The number of halogens is 6. The molecule has 0 saturated carbocycles. The van der Waals surface area contributed by atoms with E-state index in [1.165, 1.54) is 5.56 Å². The van der Waals surface area contributed by atoms with Gasteiger partial charge in [0.25, 0.3) is 0 Å². The SMILES string of the molecule is CC(=O)N1CCn2c(-c3ccccc3)cnc2C12CCNCC2.O=C(O)C(F)(F)F.O=C(O)C(F)(F)F. The number of rotatable bonds is 1. The van der Waals surface area contributed by atoms with Crippen molar-refractivity contribution < 1.29 is 50.9 Å². The number of amides is 1. The lowest BCUT2D eigenvalue weighted by Crippen LogP contribution is -2.58. The molecule has 0 unspecified atom stereocenters. The van der Waals surface area contributed by atoms with Crippen molar-refractivity contribution in [2.75, 3.05) is 19.6 Å². The van der Waals surface area contributed by atoms with Crippen molar-refractivity contribution in [1.29, 1.82) is 0 Å². The minimum Gasteiger partial charge on any atom is -0.475 e. The fourth-order valence-corrected chi connectivity index (χ4v) is 4.14. The summed E-state index contributed by atoms with van der Waals surface area (Å²) in [4.78, 5) is 36.8. The van der Waals surface area contributed by atoms with Gasteiger partial charge in [-0.25, -0.2) is 14.6 Å². The molecule has 0 bridgehead atoms. The van der Waals surface area contributed by atoms with Crippen molar-refractivity contribution >= 4 is 17.8 Å². The van der Waals surface area contributed by atoms with Gasteiger partial charge in [-0.15, -0.1) is 0 Å². The molecule has 4 rings (SSSR count). The number of aromatic nitrogens is 2. The number of nitrogens with zero attached hydrogens (tertiary/aromatic N) is 3. The third-order valence-electron chi connectivity index (χ3n) is 5.70. The predicted molar refractivity (Wildman–Crippen MR) is 116 cm³/mol. The maximum Gasteiger partial charge on any atom is 0.490 e. The molecule has 1 amide bonds. The van der Waals surface area contributed by atoms with Crippen molar-refractivity contribution in [2.45, 2.75) is 44.2 Å². The molecule has 2 aromatic rings. The number of hydrogen-bond donors (Lipinski definition) is 3. The first-order valence-corrected chi connectivity index (χ1v) is 10.8. The number of imidazole rings is 1. The van der Waals surface area contributed by atoms with Crippen LogP contribution in [0.1, 0.15) is 25.6 Å². The molecule has 0 radical (unpaired) electrons. The topological polar surface area (TPSA) is 125 Å². The van der Waals surface area contributed by atoms with Gasteiger partial charge in [-0.3, -0.25) is 4.79 Å². The average molecular weight is 538 g/mol. The molecule has 1 aromatic heterocycles. The van der Waals surface area contributed by atoms with E-state index in [-0.39, 0.29) is 11.4 Å². The second kappa shape index (κ2) is 11.6. The highest BCUT2D eigenvalue weighted by atomic mass is 19.4. The second-order valence-corrected chi connectivity index (χ2v) is 8.04. The van der Waals surface area contributed by atoms with Crippen molar-refractivity contribution in [2.24, 2.45) is 0 Å². The molecule has 204 valence electrons. The number of benzene rings is 1. The number of fused-ring (bicyclic) bond motifs is 2. The summed E-state index contributed by atoms with van der Waals surface area (Å²) in [6.45, 7) is 5.11. The Morgan fingerprint density at radius 3 is 1.84 bits per heavy atom. The van der Waals surface area contributed by atoms with Gasteiger partial charge in [0.1, 0.15) is 11.4 Å². The van der Waals surface area contributed by atoms with E-state index >= 15 is 0 Å². The zero-order chi connectivity index (χ0) is 28.0. The van der Waals surface area contributed by atoms with Crippen LogP contribution in [0.3, 0.4) is 0 Å². The summed E-state index contributed by atoms with van der Waals surface area (Å²) in [5.74, 6) is -4.30. The number of carbonyl (C=O) groups excluding carboxylic acids is 1. The number of alkyl halides is 6. The van der Waals surface area contributed by atoms with Gasteiger partial charge in [0.05, 0.1) is 11.9 Å². The molecule has 1 aromatic carbocycles. The van der Waals surface area contributed by atoms with Gasteiger partial charge < -0.3 is 25.0 Å². The van der Waals surface area contributed by atoms with Crippen molar-refractivity contribution in [1.82, 2.24) is 19.8 Å². The minimum atomic E-state index is -5.08. The molecule has 0 atom stereocenters. The standard InChI is InChI=1S/C18H22N4O.2C2HF3O2/c1-14(23)22-12-11-21-16(15-5-3-2-4-6-15)13-20-17(21)18(22)7-9-19-10-8-18;2*3-2(4,5)1(6)7/h2-6,13,19H,7-12H2,1H3;2*(H,6,7). The van der Waals surface area contributed by atoms with Gasteiger partial charge in [-0.2, -0.15) is 26.3 Å². The Bertz CT molecular complexity index is 1070. The first-order valence-electron chi connectivity index (χ1n) is 10.8. The van der Waals surface area contributed by atoms with Gasteiger partial charge in [0.2, 0.25) is 5.91 Å². The zero-order valence-corrected chi connectivity index (χ0v) is 19.4. The normalized spacial score (nSPS) is 16.5. The Morgan fingerprint density at radius 2 is 1.41 bits per heavy atom. The Labute approximate surface area is 206 Å². The summed E-state index contributed by atoms with van der Waals surface area (Å²) in [5, 5.41) is 17.7. The third-order valence-corrected chi connectivity index (χ3v) is 5.70. The molecule has 2 aliphatic rings. The Kier molecular flexibility index (Phi) is 9.30. The van der Waals surface area contributed by atoms with E-state index < -0.39 is 24.3 Å². The van der Waals surface area contributed by atoms with Gasteiger partial charge >= 0.3 is 24.3 Å². The molecule has 0 aliphatic carbocycles. The van der Waals surface area contributed by atoms with Crippen LogP contribution in [0, 0.1) is 0 Å². The lowest BCUT2D eigenvalue weighted by atomic mass is 9.83. The van der Waals surface area contributed by atoms with E-state index in [0.717, 1.165) is 50.5 Å². The second-order valence-electron chi connectivity index (χ2n) is 8.04. The quantitative estimate of drug-likeness (QED) is 0.476. The fourth-order valence-electron chi connectivity index (χ4n) is 4.14. The van der Waals surface area contributed by atoms with Crippen LogP contribution in [0.5, 0.6) is 0 Å². The highest BCUT2D eigenvalue weighted by molar-refractivity contribution is 5.75. The van der Waals surface area contributed by atoms with E-state index in [2.05, 4.69) is 34.1 Å². The van der Waals surface area contributed by atoms with Crippen LogP contribution in [-0.4, -0.2) is 74.5 Å². The minimum absolute atomic E-state index is 0.155. The summed E-state index contributed by atoms with van der Waals surface area (Å²) in [6.07, 6.45) is -6.34. The largest absolute Gasteiger partial charge is 0.490 e. The van der Waals surface area contributed by atoms with Crippen LogP contribution < -0.4 is 5.32 Å². The van der Waals surface area contributed by atoms with Crippen molar-refractivity contribution in [3.63, 3.8) is 0 Å². The van der Waals surface area contributed by atoms with Crippen LogP contribution in [0.2, 0.25) is 0 Å². The molecular weight excluding hydrogens is 514 g/mol. The van der Waals surface area contributed by atoms with Gasteiger partial charge in [0, 0.05) is 20.0 Å². The number of carboxylic acid groups (broad SMARTS) is 2. The molecule has 1 spiro atoms. The molecule has 9 nitrogen and oxygen atoms in total. The van der Waals surface area contributed by atoms with Gasteiger partial charge in [0.15, 0.2) is 0 Å². The number of piperidine rings is 1. The van der Waals surface area contributed by atoms with Crippen LogP contribution in [0.25, 0.3) is 11.3 Å². The summed E-state index contributed by atoms with van der Waals surface area (Å²) >= 11 is 0. The van der Waals surface area contributed by atoms with Crippen LogP contribution in [0.4, 0.5) is 26.3 Å². The maximum atomic E-state index is 12.2. The van der Waals surface area contributed by atoms with Crippen LogP contribution >= 0.6 is 0 Å². The summed E-state index contributed by atoms with van der Waals surface area (Å²) < 4.78 is 65.8. The monoisotopic (exact) mass is 538 g/mol. The van der Waals surface area contributed by atoms with E-state index in [4.69, 9.17) is 24.8 Å². The predicted octanol–water partition coefficient (Wildman–Crippen LogP) is 3.26.